The van der Waals surface area contributed by atoms with Crippen LogP contribution in [0.25, 0.3) is 16.6 Å². The summed E-state index contributed by atoms with van der Waals surface area (Å²) >= 11 is 0. The highest BCUT2D eigenvalue weighted by molar-refractivity contribution is 5.83. The van der Waals surface area contributed by atoms with Crippen LogP contribution in [0.5, 0.6) is 0 Å². The van der Waals surface area contributed by atoms with Gasteiger partial charge in [-0.2, -0.15) is 5.10 Å². The van der Waals surface area contributed by atoms with E-state index < -0.39 is 5.41 Å². The van der Waals surface area contributed by atoms with Crippen molar-refractivity contribution in [2.24, 2.45) is 5.41 Å². The van der Waals surface area contributed by atoms with E-state index in [1.54, 1.807) is 23.0 Å². The molecule has 0 atom stereocenters. The molecule has 130 valence electrons. The summed E-state index contributed by atoms with van der Waals surface area (Å²) in [6.45, 7) is 5.78. The molecular weight excluding hydrogens is 319 g/mol. The lowest BCUT2D eigenvalue weighted by atomic mass is 9.84. The van der Waals surface area contributed by atoms with Gasteiger partial charge in [0.2, 0.25) is 0 Å². The first-order valence-corrected chi connectivity index (χ1v) is 8.13. The van der Waals surface area contributed by atoms with Gasteiger partial charge in [0, 0.05) is 5.39 Å². The van der Waals surface area contributed by atoms with Gasteiger partial charge in [0.25, 0.3) is 0 Å². The van der Waals surface area contributed by atoms with Crippen LogP contribution in [-0.2, 0) is 16.0 Å². The second kappa shape index (κ2) is 6.31. The highest BCUT2D eigenvalue weighted by Gasteiger charge is 2.29. The Bertz CT molecular complexity index is 927. The normalized spacial score (nSPS) is 11.7. The van der Waals surface area contributed by atoms with Crippen LogP contribution in [0.2, 0.25) is 0 Å². The third-order valence-electron chi connectivity index (χ3n) is 4.47. The molecule has 1 aromatic heterocycles. The lowest BCUT2D eigenvalue weighted by Gasteiger charge is -2.22. The second-order valence-electron chi connectivity index (χ2n) is 6.92. The molecule has 2 aromatic carbocycles. The van der Waals surface area contributed by atoms with Crippen LogP contribution in [0.15, 0.2) is 42.6 Å². The fraction of sp³-hybridized carbons (Fsp3) is 0.300. The molecule has 0 spiro atoms. The Morgan fingerprint density at radius 2 is 1.92 bits per heavy atom. The predicted molar refractivity (Wildman–Crippen MR) is 95.3 cm³/mol. The van der Waals surface area contributed by atoms with Crippen molar-refractivity contribution >= 4 is 16.9 Å². The van der Waals surface area contributed by atoms with Crippen molar-refractivity contribution in [2.45, 2.75) is 27.2 Å². The predicted octanol–water partition coefficient (Wildman–Crippen LogP) is 4.21. The Labute approximate surface area is 146 Å². The van der Waals surface area contributed by atoms with Gasteiger partial charge in [-0.1, -0.05) is 0 Å². The Kier molecular flexibility index (Phi) is 4.33. The van der Waals surface area contributed by atoms with E-state index in [0.29, 0.717) is 6.42 Å². The van der Waals surface area contributed by atoms with Crippen molar-refractivity contribution in [3.8, 4) is 5.69 Å². The van der Waals surface area contributed by atoms with E-state index in [2.05, 4.69) is 11.2 Å². The van der Waals surface area contributed by atoms with Crippen molar-refractivity contribution in [1.82, 2.24) is 9.78 Å². The molecule has 3 rings (SSSR count). The van der Waals surface area contributed by atoms with E-state index in [0.717, 1.165) is 27.7 Å². The van der Waals surface area contributed by atoms with E-state index in [9.17, 15) is 9.18 Å². The van der Waals surface area contributed by atoms with Crippen molar-refractivity contribution in [3.63, 3.8) is 0 Å². The maximum Gasteiger partial charge on any atom is 0.311 e. The zero-order valence-electron chi connectivity index (χ0n) is 14.8. The topological polar surface area (TPSA) is 44.1 Å². The highest BCUT2D eigenvalue weighted by Crippen LogP contribution is 2.29. The van der Waals surface area contributed by atoms with Crippen molar-refractivity contribution in [1.29, 1.82) is 0 Å². The molecule has 0 saturated heterocycles. The van der Waals surface area contributed by atoms with E-state index in [1.165, 1.54) is 19.2 Å². The SMILES string of the molecule is COC(=O)C(C)(C)Cc1cc2cnn(-c3ccc(F)cc3)c2cc1C. The molecule has 0 amide bonds. The van der Waals surface area contributed by atoms with Crippen LogP contribution in [0, 0.1) is 18.2 Å². The van der Waals surface area contributed by atoms with Gasteiger partial charge in [-0.15, -0.1) is 0 Å². The molecule has 0 saturated carbocycles. The third-order valence-corrected chi connectivity index (χ3v) is 4.47. The molecule has 25 heavy (non-hydrogen) atoms. The molecule has 0 fully saturated rings. The molecular formula is C20H21FN2O2. The van der Waals surface area contributed by atoms with Crippen LogP contribution in [-0.4, -0.2) is 22.9 Å². The zero-order chi connectivity index (χ0) is 18.2. The van der Waals surface area contributed by atoms with Crippen molar-refractivity contribution < 1.29 is 13.9 Å². The number of halogens is 1. The number of nitrogens with zero attached hydrogens (tertiary/aromatic N) is 2. The van der Waals surface area contributed by atoms with Gasteiger partial charge in [0.05, 0.1) is 29.9 Å². The number of esters is 1. The number of fused-ring (bicyclic) bond motifs is 1. The largest absolute Gasteiger partial charge is 0.469 e. The molecule has 4 nitrogen and oxygen atoms in total. The molecule has 0 aliphatic rings. The third kappa shape index (κ3) is 3.27. The maximum atomic E-state index is 13.1. The number of methoxy groups -OCH3 is 1. The van der Waals surface area contributed by atoms with Crippen LogP contribution < -0.4 is 0 Å². The summed E-state index contributed by atoms with van der Waals surface area (Å²) in [5, 5.41) is 5.41. The monoisotopic (exact) mass is 340 g/mol. The number of rotatable bonds is 4. The number of hydrogen-bond donors (Lipinski definition) is 0. The molecule has 3 aromatic rings. The minimum atomic E-state index is -0.597. The number of ether oxygens (including phenoxy) is 1. The number of carbonyl (C=O) groups is 1. The fourth-order valence-corrected chi connectivity index (χ4v) is 3.03. The Balaban J connectivity index is 2.01. The van der Waals surface area contributed by atoms with E-state index in [1.807, 2.05) is 26.8 Å². The van der Waals surface area contributed by atoms with Crippen LogP contribution in [0.4, 0.5) is 4.39 Å². The Morgan fingerprint density at radius 3 is 2.56 bits per heavy atom. The van der Waals surface area contributed by atoms with Gasteiger partial charge in [0.15, 0.2) is 0 Å². The van der Waals surface area contributed by atoms with E-state index >= 15 is 0 Å². The molecule has 0 radical (unpaired) electrons. The summed E-state index contributed by atoms with van der Waals surface area (Å²) in [6.07, 6.45) is 2.37. The quantitative estimate of drug-likeness (QED) is 0.668. The zero-order valence-corrected chi connectivity index (χ0v) is 14.8. The number of aromatic nitrogens is 2. The summed E-state index contributed by atoms with van der Waals surface area (Å²) < 4.78 is 19.8. The number of hydrogen-bond acceptors (Lipinski definition) is 3. The average molecular weight is 340 g/mol. The van der Waals surface area contributed by atoms with E-state index in [-0.39, 0.29) is 11.8 Å². The smallest absolute Gasteiger partial charge is 0.311 e. The van der Waals surface area contributed by atoms with Crippen LogP contribution in [0.3, 0.4) is 0 Å². The summed E-state index contributed by atoms with van der Waals surface area (Å²) in [7, 11) is 1.41. The number of carbonyl (C=O) groups excluding carboxylic acids is 1. The molecule has 1 heterocycles. The van der Waals surface area contributed by atoms with Crippen LogP contribution in [0.1, 0.15) is 25.0 Å². The average Bonchev–Trinajstić information content (AvgIpc) is 2.97. The first-order valence-electron chi connectivity index (χ1n) is 8.13. The lowest BCUT2D eigenvalue weighted by molar-refractivity contribution is -0.150. The first kappa shape index (κ1) is 17.1. The molecule has 5 heteroatoms. The minimum absolute atomic E-state index is 0.228. The Morgan fingerprint density at radius 1 is 1.24 bits per heavy atom. The lowest BCUT2D eigenvalue weighted by Crippen LogP contribution is -2.28. The second-order valence-corrected chi connectivity index (χ2v) is 6.92. The van der Waals surface area contributed by atoms with E-state index in [4.69, 9.17) is 4.74 Å². The van der Waals surface area contributed by atoms with Gasteiger partial charge < -0.3 is 4.74 Å². The number of aryl methyl sites for hydroxylation is 1. The van der Waals surface area contributed by atoms with Crippen LogP contribution >= 0.6 is 0 Å². The van der Waals surface area contributed by atoms with Gasteiger partial charge >= 0.3 is 5.97 Å². The molecule has 0 aliphatic heterocycles. The Hall–Kier alpha value is -2.69. The molecule has 0 aliphatic carbocycles. The van der Waals surface area contributed by atoms with Gasteiger partial charge in [-0.25, -0.2) is 9.07 Å². The molecule has 0 N–H and O–H groups in total. The van der Waals surface area contributed by atoms with Crippen molar-refractivity contribution in [2.75, 3.05) is 7.11 Å². The summed E-state index contributed by atoms with van der Waals surface area (Å²) in [5.41, 5.74) is 3.32. The van der Waals surface area contributed by atoms with Crippen molar-refractivity contribution in [3.05, 3.63) is 59.5 Å². The van der Waals surface area contributed by atoms with Gasteiger partial charge in [0.1, 0.15) is 5.82 Å². The summed E-state index contributed by atoms with van der Waals surface area (Å²) in [6, 6.07) is 10.3. The standard InChI is InChI=1S/C20H21FN2O2/c1-13-9-18-15(10-14(13)11-20(2,3)19(24)25-4)12-22-23(18)17-7-5-16(21)6-8-17/h5-10,12H,11H2,1-4H3. The molecule has 0 bridgehead atoms. The number of benzene rings is 2. The highest BCUT2D eigenvalue weighted by atomic mass is 19.1. The fourth-order valence-electron chi connectivity index (χ4n) is 3.03. The maximum absolute atomic E-state index is 13.1. The summed E-state index contributed by atoms with van der Waals surface area (Å²) in [5.74, 6) is -0.502. The van der Waals surface area contributed by atoms with Gasteiger partial charge in [-0.05, 0) is 74.7 Å². The first-order chi connectivity index (χ1) is 11.8. The molecule has 0 unspecified atom stereocenters. The van der Waals surface area contributed by atoms with Gasteiger partial charge in [-0.3, -0.25) is 4.79 Å². The minimum Gasteiger partial charge on any atom is -0.469 e. The summed E-state index contributed by atoms with van der Waals surface area (Å²) in [4.78, 5) is 12.0.